The van der Waals surface area contributed by atoms with Gasteiger partial charge in [0.1, 0.15) is 12.2 Å². The quantitative estimate of drug-likeness (QED) is 0.652. The van der Waals surface area contributed by atoms with Crippen molar-refractivity contribution in [2.24, 2.45) is 13.0 Å². The van der Waals surface area contributed by atoms with E-state index >= 15 is 0 Å². The van der Waals surface area contributed by atoms with Gasteiger partial charge in [0.15, 0.2) is 0 Å². The summed E-state index contributed by atoms with van der Waals surface area (Å²) in [5.74, 6) is 1.74. The van der Waals surface area contributed by atoms with Crippen LogP contribution in [-0.2, 0) is 19.0 Å². The third-order valence-electron chi connectivity index (χ3n) is 6.07. The van der Waals surface area contributed by atoms with Crippen LogP contribution in [0.2, 0.25) is 0 Å². The number of fused-ring (bicyclic) bond motifs is 1. The first kappa shape index (κ1) is 19.4. The zero-order valence-electron chi connectivity index (χ0n) is 17.6. The maximum Gasteiger partial charge on any atom is 0.258 e. The Hall–Kier alpha value is -2.95. The number of carbonyl (C=O) groups is 1. The maximum absolute atomic E-state index is 12.9. The molecule has 2 aliphatic rings. The number of nitrogens with zero attached hydrogens (tertiary/aromatic N) is 4. The highest BCUT2D eigenvalue weighted by Gasteiger charge is 2.48. The van der Waals surface area contributed by atoms with Gasteiger partial charge in [0.05, 0.1) is 12.0 Å². The average molecular weight is 389 g/mol. The van der Waals surface area contributed by atoms with E-state index < -0.39 is 0 Å². The predicted octanol–water partition coefficient (Wildman–Crippen LogP) is 4.72. The number of carbonyl (C=O) groups excluding carboxylic acids is 1. The lowest BCUT2D eigenvalue weighted by atomic mass is 9.58. The minimum Gasteiger partial charge on any atom is -0.320 e. The fraction of sp³-hybridized carbons (Fsp3) is 0.375. The summed E-state index contributed by atoms with van der Waals surface area (Å²) in [6, 6.07) is 16.3. The summed E-state index contributed by atoms with van der Waals surface area (Å²) in [4.78, 5) is 14.8. The van der Waals surface area contributed by atoms with Crippen LogP contribution < -0.4 is 4.90 Å². The molecule has 1 aliphatic heterocycles. The molecule has 2 heterocycles. The Labute approximate surface area is 172 Å². The molecule has 0 saturated heterocycles. The first-order chi connectivity index (χ1) is 14.1. The molecule has 3 aromatic rings. The minimum atomic E-state index is -0.115. The maximum atomic E-state index is 12.9. The van der Waals surface area contributed by atoms with Gasteiger partial charge in [0.25, 0.3) is 5.91 Å². The van der Waals surface area contributed by atoms with Gasteiger partial charge in [-0.2, -0.15) is 0 Å². The number of aryl methyl sites for hydroxylation is 1. The zero-order valence-corrected chi connectivity index (χ0v) is 17.6. The summed E-state index contributed by atoms with van der Waals surface area (Å²) < 4.78 is 2.02. The number of hydrogen-bond acceptors (Lipinski definition) is 3. The van der Waals surface area contributed by atoms with E-state index in [-0.39, 0.29) is 11.3 Å². The van der Waals surface area contributed by atoms with Gasteiger partial charge in [0.2, 0.25) is 0 Å². The molecule has 29 heavy (non-hydrogen) atoms. The van der Waals surface area contributed by atoms with Crippen LogP contribution in [-0.4, -0.2) is 20.7 Å². The van der Waals surface area contributed by atoms with Crippen LogP contribution in [0, 0.1) is 5.92 Å². The van der Waals surface area contributed by atoms with Gasteiger partial charge in [-0.25, -0.2) is 0 Å². The largest absolute Gasteiger partial charge is 0.320 e. The Kier molecular flexibility index (Phi) is 4.99. The minimum absolute atomic E-state index is 0.0810. The Morgan fingerprint density at radius 1 is 1.07 bits per heavy atom. The highest BCUT2D eigenvalue weighted by atomic mass is 16.2. The summed E-state index contributed by atoms with van der Waals surface area (Å²) in [6.07, 6.45) is 3.87. The molecule has 1 aromatic heterocycles. The van der Waals surface area contributed by atoms with Crippen molar-refractivity contribution < 1.29 is 4.79 Å². The summed E-state index contributed by atoms with van der Waals surface area (Å²) >= 11 is 0. The molecule has 0 unspecified atom stereocenters. The van der Waals surface area contributed by atoms with E-state index in [1.807, 2.05) is 60.7 Å². The molecule has 1 aliphatic carbocycles. The van der Waals surface area contributed by atoms with Crippen molar-refractivity contribution in [3.8, 4) is 0 Å². The molecule has 0 atom stereocenters. The number of hydrogen-bond donors (Lipinski definition) is 0. The highest BCUT2D eigenvalue weighted by Crippen LogP contribution is 2.52. The fourth-order valence-electron chi connectivity index (χ4n) is 4.83. The molecule has 0 N–H and O–H groups in total. The van der Waals surface area contributed by atoms with E-state index in [9.17, 15) is 4.79 Å². The van der Waals surface area contributed by atoms with E-state index in [0.717, 1.165) is 35.5 Å². The second kappa shape index (κ2) is 7.47. The van der Waals surface area contributed by atoms with Crippen LogP contribution in [0.3, 0.4) is 0 Å². The van der Waals surface area contributed by atoms with Crippen LogP contribution >= 0.6 is 0 Å². The molecule has 5 nitrogen and oxygen atoms in total. The van der Waals surface area contributed by atoms with Crippen molar-refractivity contribution in [3.63, 3.8) is 0 Å². The number of benzene rings is 2. The van der Waals surface area contributed by atoms with Gasteiger partial charge in [-0.3, -0.25) is 4.79 Å². The fourth-order valence-corrected chi connectivity index (χ4v) is 4.83. The van der Waals surface area contributed by atoms with Crippen LogP contribution in [0.5, 0.6) is 0 Å². The van der Waals surface area contributed by atoms with E-state index in [4.69, 9.17) is 0 Å². The molecule has 1 amide bonds. The van der Waals surface area contributed by atoms with Crippen molar-refractivity contribution >= 4 is 11.6 Å². The zero-order chi connectivity index (χ0) is 20.6. The van der Waals surface area contributed by atoms with Crippen LogP contribution in [0.15, 0.2) is 54.9 Å². The Morgan fingerprint density at radius 2 is 1.83 bits per heavy atom. The van der Waals surface area contributed by atoms with Gasteiger partial charge >= 0.3 is 0 Å². The van der Waals surface area contributed by atoms with Crippen molar-refractivity contribution in [1.82, 2.24) is 14.8 Å². The predicted molar refractivity (Wildman–Crippen MR) is 115 cm³/mol. The summed E-state index contributed by atoms with van der Waals surface area (Å²) in [6.45, 7) is 6.91. The van der Waals surface area contributed by atoms with Gasteiger partial charge in [-0.1, -0.05) is 51.1 Å². The third kappa shape index (κ3) is 3.05. The van der Waals surface area contributed by atoms with Crippen molar-refractivity contribution in [2.45, 2.75) is 45.6 Å². The topological polar surface area (TPSA) is 51.0 Å². The summed E-state index contributed by atoms with van der Waals surface area (Å²) in [5.41, 5.74) is 3.96. The van der Waals surface area contributed by atoms with E-state index in [1.54, 1.807) is 6.33 Å². The molecular formula is C24H28N4O. The Balaban J connectivity index is 0.000000994. The lowest BCUT2D eigenvalue weighted by Gasteiger charge is -2.46. The molecule has 0 radical (unpaired) electrons. The second-order valence-electron chi connectivity index (χ2n) is 7.96. The summed E-state index contributed by atoms with van der Waals surface area (Å²) in [7, 11) is 2.00. The van der Waals surface area contributed by atoms with E-state index in [2.05, 4.69) is 35.3 Å². The van der Waals surface area contributed by atoms with Gasteiger partial charge in [-0.05, 0) is 48.1 Å². The van der Waals surface area contributed by atoms with Gasteiger partial charge in [0, 0.05) is 18.3 Å². The van der Waals surface area contributed by atoms with Crippen molar-refractivity contribution in [3.05, 3.63) is 77.4 Å². The normalized spacial score (nSPS) is 22.6. The second-order valence-corrected chi connectivity index (χ2v) is 7.96. The van der Waals surface area contributed by atoms with Gasteiger partial charge < -0.3 is 9.47 Å². The lowest BCUT2D eigenvalue weighted by molar-refractivity contribution is 0.0996. The molecule has 150 valence electrons. The Bertz CT molecular complexity index is 1030. The number of aromatic nitrogens is 3. The SMILES string of the molecule is CC.CC1CC(c2cccc(N3Cc4ccccc4C3=O)c2)(c2nncn2C)C1. The summed E-state index contributed by atoms with van der Waals surface area (Å²) in [5, 5.41) is 8.54. The van der Waals surface area contributed by atoms with Crippen molar-refractivity contribution in [1.29, 1.82) is 0 Å². The first-order valence-corrected chi connectivity index (χ1v) is 10.4. The van der Waals surface area contributed by atoms with Gasteiger partial charge in [-0.15, -0.1) is 10.2 Å². The molecule has 1 saturated carbocycles. The van der Waals surface area contributed by atoms with Crippen LogP contribution in [0.25, 0.3) is 0 Å². The lowest BCUT2D eigenvalue weighted by Crippen LogP contribution is -2.43. The molecule has 5 rings (SSSR count). The molecular weight excluding hydrogens is 360 g/mol. The van der Waals surface area contributed by atoms with E-state index in [0.29, 0.717) is 12.5 Å². The number of amides is 1. The van der Waals surface area contributed by atoms with Crippen molar-refractivity contribution in [2.75, 3.05) is 4.90 Å². The first-order valence-electron chi connectivity index (χ1n) is 10.4. The average Bonchev–Trinajstić information content (AvgIpc) is 3.31. The highest BCUT2D eigenvalue weighted by molar-refractivity contribution is 6.10. The third-order valence-corrected chi connectivity index (χ3v) is 6.07. The number of rotatable bonds is 3. The van der Waals surface area contributed by atoms with E-state index in [1.165, 1.54) is 5.56 Å². The molecule has 2 aromatic carbocycles. The molecule has 0 spiro atoms. The van der Waals surface area contributed by atoms with Crippen LogP contribution in [0.1, 0.15) is 60.9 Å². The monoisotopic (exact) mass is 388 g/mol. The molecule has 0 bridgehead atoms. The van der Waals surface area contributed by atoms with Crippen LogP contribution in [0.4, 0.5) is 5.69 Å². The Morgan fingerprint density at radius 3 is 2.48 bits per heavy atom. The number of anilines is 1. The molecule has 5 heteroatoms. The molecule has 1 fully saturated rings. The standard InChI is InChI=1S/C22H22N4O.C2H6/c1-15-11-22(12-15,21-24-23-14-25(21)2)17-7-5-8-18(10-17)26-13-16-6-3-4-9-19(16)20(26)27;1-2/h3-10,14-15H,11-13H2,1-2H3;1-2H3. The smallest absolute Gasteiger partial charge is 0.258 e.